The lowest BCUT2D eigenvalue weighted by atomic mass is 9.95. The van der Waals surface area contributed by atoms with Gasteiger partial charge in [0.15, 0.2) is 11.4 Å². The number of fused-ring (bicyclic) bond motifs is 3. The highest BCUT2D eigenvalue weighted by Crippen LogP contribution is 2.29. The van der Waals surface area contributed by atoms with Crippen molar-refractivity contribution in [3.05, 3.63) is 34.2 Å². The molecule has 0 amide bonds. The third-order valence-electron chi connectivity index (χ3n) is 3.30. The minimum absolute atomic E-state index is 0.109. The van der Waals surface area contributed by atoms with Crippen molar-refractivity contribution >= 4 is 11.4 Å². The maximum atomic E-state index is 9.04. The molecule has 0 aliphatic heterocycles. The summed E-state index contributed by atoms with van der Waals surface area (Å²) in [4.78, 5) is 16.8. The highest BCUT2D eigenvalue weighted by atomic mass is 14.9. The summed E-state index contributed by atoms with van der Waals surface area (Å²) in [5, 5.41) is 34.2. The van der Waals surface area contributed by atoms with Crippen molar-refractivity contribution in [2.75, 3.05) is 0 Å². The van der Waals surface area contributed by atoms with E-state index in [4.69, 9.17) is 21.3 Å². The summed E-state index contributed by atoms with van der Waals surface area (Å²) >= 11 is 0. The fraction of sp³-hybridized carbons (Fsp3) is 0.143. The van der Waals surface area contributed by atoms with Crippen molar-refractivity contribution in [2.45, 2.75) is 13.8 Å². The molecule has 2 N–H and O–H groups in total. The summed E-state index contributed by atoms with van der Waals surface area (Å²) in [7, 11) is 0. The Morgan fingerprint density at radius 2 is 1.05 bits per heavy atom. The largest absolute Gasteiger partial charge is 0.296 e. The molecule has 0 bridgehead atoms. The normalized spacial score (nSPS) is 12.2. The smallest absolute Gasteiger partial charge is 0.162 e. The Morgan fingerprint density at radius 3 is 1.36 bits per heavy atom. The summed E-state index contributed by atoms with van der Waals surface area (Å²) in [6.45, 7) is 3.28. The Hall–Kier alpha value is -3.52. The molecular formula is C14H8N8. The second-order valence-corrected chi connectivity index (χ2v) is 4.68. The van der Waals surface area contributed by atoms with E-state index in [9.17, 15) is 0 Å². The zero-order valence-electron chi connectivity index (χ0n) is 11.7. The molecule has 1 aliphatic carbocycles. The number of rotatable bonds is 0. The molecule has 0 aromatic carbocycles. The van der Waals surface area contributed by atoms with Gasteiger partial charge in [-0.3, -0.25) is 10.8 Å². The zero-order chi connectivity index (χ0) is 16.0. The third kappa shape index (κ3) is 1.68. The van der Waals surface area contributed by atoms with Crippen LogP contribution in [0, 0.1) is 47.3 Å². The summed E-state index contributed by atoms with van der Waals surface area (Å²) < 4.78 is 0. The Labute approximate surface area is 125 Å². The topological polar surface area (TPSA) is 147 Å². The van der Waals surface area contributed by atoms with Gasteiger partial charge in [0.1, 0.15) is 46.3 Å². The second-order valence-electron chi connectivity index (χ2n) is 4.68. The van der Waals surface area contributed by atoms with Gasteiger partial charge in [-0.1, -0.05) is 0 Å². The Kier molecular flexibility index (Phi) is 2.75. The van der Waals surface area contributed by atoms with E-state index >= 15 is 0 Å². The van der Waals surface area contributed by atoms with Crippen LogP contribution in [-0.4, -0.2) is 31.4 Å². The third-order valence-corrected chi connectivity index (χ3v) is 3.30. The van der Waals surface area contributed by atoms with Gasteiger partial charge >= 0.3 is 0 Å². The van der Waals surface area contributed by atoms with E-state index in [1.807, 2.05) is 12.1 Å². The number of hydrogen-bond acceptors (Lipinski definition) is 8. The SMILES string of the molecule is Cc1nc2c(nc1C#N)C(=N)C(=N)c1nc(C#N)c(C)nc1-2. The number of nitrogens with one attached hydrogen (secondary N) is 2. The fourth-order valence-electron chi connectivity index (χ4n) is 2.17. The Bertz CT molecular complexity index is 879. The molecule has 0 atom stereocenters. The van der Waals surface area contributed by atoms with Gasteiger partial charge in [0.2, 0.25) is 0 Å². The van der Waals surface area contributed by atoms with Crippen LogP contribution in [0.2, 0.25) is 0 Å². The van der Waals surface area contributed by atoms with Gasteiger partial charge in [-0.25, -0.2) is 19.9 Å². The van der Waals surface area contributed by atoms with Crippen molar-refractivity contribution in [1.29, 1.82) is 21.3 Å². The van der Waals surface area contributed by atoms with Gasteiger partial charge in [0.05, 0.1) is 11.4 Å². The minimum atomic E-state index is -0.187. The van der Waals surface area contributed by atoms with E-state index in [1.54, 1.807) is 13.8 Å². The van der Waals surface area contributed by atoms with Gasteiger partial charge in [-0.15, -0.1) is 0 Å². The first-order chi connectivity index (χ1) is 10.5. The molecule has 1 aliphatic rings. The predicted octanol–water partition coefficient (Wildman–Crippen LogP) is 1.04. The van der Waals surface area contributed by atoms with Crippen molar-refractivity contribution in [2.24, 2.45) is 0 Å². The number of hydrogen-bond donors (Lipinski definition) is 2. The van der Waals surface area contributed by atoms with Crippen LogP contribution in [0.5, 0.6) is 0 Å². The standard InChI is InChI=1S/C14H8N8/c1-5-7(3-15)21-11-9(17)10(18)12-14(13(11)19-5)20-6(2)8(4-16)22-12/h17-18H,1-2H3. The maximum absolute atomic E-state index is 9.04. The molecule has 8 heteroatoms. The molecular weight excluding hydrogens is 280 g/mol. The van der Waals surface area contributed by atoms with Crippen molar-refractivity contribution in [1.82, 2.24) is 19.9 Å². The highest BCUT2D eigenvalue weighted by molar-refractivity contribution is 6.53. The van der Waals surface area contributed by atoms with E-state index in [0.29, 0.717) is 22.8 Å². The fourth-order valence-corrected chi connectivity index (χ4v) is 2.17. The molecule has 0 saturated carbocycles. The average Bonchev–Trinajstić information content (AvgIpc) is 2.52. The first kappa shape index (κ1) is 13.5. The number of nitriles is 2. The lowest BCUT2D eigenvalue weighted by Crippen LogP contribution is -2.27. The molecule has 104 valence electrons. The van der Waals surface area contributed by atoms with E-state index in [-0.39, 0.29) is 34.2 Å². The van der Waals surface area contributed by atoms with Gasteiger partial charge in [0, 0.05) is 0 Å². The highest BCUT2D eigenvalue weighted by Gasteiger charge is 2.32. The van der Waals surface area contributed by atoms with E-state index in [0.717, 1.165) is 0 Å². The van der Waals surface area contributed by atoms with Crippen molar-refractivity contribution < 1.29 is 0 Å². The lowest BCUT2D eigenvalue weighted by molar-refractivity contribution is 1.02. The van der Waals surface area contributed by atoms with E-state index in [1.165, 1.54) is 0 Å². The molecule has 0 fully saturated rings. The number of aromatic nitrogens is 4. The molecule has 0 spiro atoms. The molecule has 0 radical (unpaired) electrons. The van der Waals surface area contributed by atoms with Gasteiger partial charge in [-0.2, -0.15) is 10.5 Å². The molecule has 2 aromatic heterocycles. The van der Waals surface area contributed by atoms with Gasteiger partial charge < -0.3 is 0 Å². The summed E-state index contributed by atoms with van der Waals surface area (Å²) in [5.74, 6) is 0. The van der Waals surface area contributed by atoms with Gasteiger partial charge in [0.25, 0.3) is 0 Å². The average molecular weight is 288 g/mol. The zero-order valence-corrected chi connectivity index (χ0v) is 11.7. The Morgan fingerprint density at radius 1 is 0.682 bits per heavy atom. The molecule has 3 rings (SSSR count). The maximum Gasteiger partial charge on any atom is 0.162 e. The second kappa shape index (κ2) is 4.50. The lowest BCUT2D eigenvalue weighted by Gasteiger charge is -2.19. The summed E-state index contributed by atoms with van der Waals surface area (Å²) in [6, 6.07) is 3.83. The molecule has 2 heterocycles. The molecule has 22 heavy (non-hydrogen) atoms. The molecule has 8 nitrogen and oxygen atoms in total. The number of nitrogens with zero attached hydrogens (tertiary/aromatic N) is 6. The number of aryl methyl sites for hydroxylation is 2. The molecule has 2 aromatic rings. The monoisotopic (exact) mass is 288 g/mol. The van der Waals surface area contributed by atoms with Crippen LogP contribution in [0.25, 0.3) is 11.4 Å². The van der Waals surface area contributed by atoms with Crippen LogP contribution in [0.1, 0.15) is 34.2 Å². The van der Waals surface area contributed by atoms with Crippen LogP contribution in [0.4, 0.5) is 0 Å². The quantitative estimate of drug-likeness (QED) is 0.740. The van der Waals surface area contributed by atoms with Crippen LogP contribution in [0.3, 0.4) is 0 Å². The van der Waals surface area contributed by atoms with Crippen LogP contribution in [0.15, 0.2) is 0 Å². The summed E-state index contributed by atoms with van der Waals surface area (Å²) in [6.07, 6.45) is 0. The van der Waals surface area contributed by atoms with Crippen molar-refractivity contribution in [3.63, 3.8) is 0 Å². The van der Waals surface area contributed by atoms with E-state index in [2.05, 4.69) is 19.9 Å². The predicted molar refractivity (Wildman–Crippen MR) is 75.6 cm³/mol. The van der Waals surface area contributed by atoms with Crippen molar-refractivity contribution in [3.8, 4) is 23.5 Å². The van der Waals surface area contributed by atoms with Gasteiger partial charge in [-0.05, 0) is 13.8 Å². The summed E-state index contributed by atoms with van der Waals surface area (Å²) in [5.41, 5.74) is 1.57. The van der Waals surface area contributed by atoms with E-state index < -0.39 is 0 Å². The first-order valence-corrected chi connectivity index (χ1v) is 6.24. The minimum Gasteiger partial charge on any atom is -0.296 e. The molecule has 0 unspecified atom stereocenters. The van der Waals surface area contributed by atoms with Crippen LogP contribution < -0.4 is 0 Å². The molecule has 0 saturated heterocycles. The van der Waals surface area contributed by atoms with Crippen LogP contribution in [-0.2, 0) is 0 Å². The first-order valence-electron chi connectivity index (χ1n) is 6.24. The Balaban J connectivity index is 2.41. The van der Waals surface area contributed by atoms with Crippen LogP contribution >= 0.6 is 0 Å².